The van der Waals surface area contributed by atoms with Gasteiger partial charge in [-0.1, -0.05) is 0 Å². The molecule has 0 aromatic carbocycles. The lowest BCUT2D eigenvalue weighted by Crippen LogP contribution is -2.38. The Kier molecular flexibility index (Phi) is 5.81. The van der Waals surface area contributed by atoms with Crippen LogP contribution in [0.25, 0.3) is 0 Å². The molecule has 2 aromatic rings. The first-order valence-electron chi connectivity index (χ1n) is 10.6. The Morgan fingerprint density at radius 3 is 2.66 bits per heavy atom. The monoisotopic (exact) mass is 496 g/mol. The summed E-state index contributed by atoms with van der Waals surface area (Å²) in [4.78, 5) is 28.0. The summed E-state index contributed by atoms with van der Waals surface area (Å²) in [6, 6.07) is 1.81. The van der Waals surface area contributed by atoms with Gasteiger partial charge in [-0.25, -0.2) is 13.2 Å². The number of nitrogens with zero attached hydrogens (tertiary/aromatic N) is 3. The molecule has 1 saturated heterocycles. The quantitative estimate of drug-likeness (QED) is 0.631. The Morgan fingerprint density at radius 1 is 1.22 bits per heavy atom. The van der Waals surface area contributed by atoms with E-state index in [9.17, 15) is 18.0 Å². The maximum atomic E-state index is 13.4. The predicted molar refractivity (Wildman–Crippen MR) is 121 cm³/mol. The highest BCUT2D eigenvalue weighted by Gasteiger charge is 2.38. The van der Waals surface area contributed by atoms with E-state index in [0.717, 1.165) is 41.4 Å². The molecule has 9 nitrogen and oxygen atoms in total. The highest BCUT2D eigenvalue weighted by atomic mass is 32.2. The van der Waals surface area contributed by atoms with Gasteiger partial charge in [0.2, 0.25) is 0 Å². The van der Waals surface area contributed by atoms with Crippen molar-refractivity contribution in [3.8, 4) is 0 Å². The smallest absolute Gasteiger partial charge is 0.340 e. The number of methoxy groups -OCH3 is 1. The number of fused-ring (bicyclic) bond motifs is 1. The number of carbonyl (C=O) groups excluding carboxylic acids is 2. The number of thioether (sulfide) groups is 1. The van der Waals surface area contributed by atoms with E-state index in [-0.39, 0.29) is 22.2 Å². The standard InChI is InChI=1S/C20H24N4O5S3/c1-29-19(26)17-13-4-5-23(18(25)15-10-14(21-22-15)12-2-3-12)11-16(13)31-20(17)32(27,28)24-6-8-30-9-7-24/h10,12H,2-9,11H2,1H3,(H,21,22). The molecular formula is C20H24N4O5S3. The second kappa shape index (κ2) is 8.47. The molecule has 1 aliphatic carbocycles. The number of amides is 1. The van der Waals surface area contributed by atoms with Gasteiger partial charge in [-0.2, -0.15) is 21.2 Å². The van der Waals surface area contributed by atoms with Crippen molar-refractivity contribution in [1.82, 2.24) is 19.4 Å². The zero-order valence-electron chi connectivity index (χ0n) is 17.6. The Labute approximate surface area is 194 Å². The van der Waals surface area contributed by atoms with E-state index < -0.39 is 16.0 Å². The van der Waals surface area contributed by atoms with E-state index in [1.54, 1.807) is 16.7 Å². The number of H-pyrrole nitrogens is 1. The number of rotatable bonds is 5. The number of thiophene rings is 1. The molecule has 0 spiro atoms. The van der Waals surface area contributed by atoms with Crippen molar-refractivity contribution in [2.45, 2.75) is 35.9 Å². The Bertz CT molecular complexity index is 1160. The van der Waals surface area contributed by atoms with Crippen LogP contribution in [-0.4, -0.2) is 77.9 Å². The fourth-order valence-electron chi connectivity index (χ4n) is 4.16. The molecule has 2 aromatic heterocycles. The number of sulfonamides is 1. The molecule has 1 saturated carbocycles. The van der Waals surface area contributed by atoms with Crippen LogP contribution in [0.5, 0.6) is 0 Å². The second-order valence-electron chi connectivity index (χ2n) is 8.13. The molecule has 172 valence electrons. The van der Waals surface area contributed by atoms with Crippen LogP contribution in [0, 0.1) is 0 Å². The van der Waals surface area contributed by atoms with Crippen molar-refractivity contribution in [1.29, 1.82) is 0 Å². The SMILES string of the molecule is COC(=O)c1c(S(=O)(=O)N2CCSCC2)sc2c1CCN(C(=O)c1cc(C3CC3)[nH]n1)C2. The first-order chi connectivity index (χ1) is 15.4. The van der Waals surface area contributed by atoms with E-state index in [1.165, 1.54) is 11.4 Å². The summed E-state index contributed by atoms with van der Waals surface area (Å²) in [5.74, 6) is 1.09. The van der Waals surface area contributed by atoms with Crippen LogP contribution in [0.4, 0.5) is 0 Å². The summed E-state index contributed by atoms with van der Waals surface area (Å²) in [6.45, 7) is 1.48. The largest absolute Gasteiger partial charge is 0.465 e. The van der Waals surface area contributed by atoms with Crippen molar-refractivity contribution in [3.05, 3.63) is 33.5 Å². The number of ether oxygens (including phenoxy) is 1. The summed E-state index contributed by atoms with van der Waals surface area (Å²) >= 11 is 2.80. The predicted octanol–water partition coefficient (Wildman–Crippen LogP) is 2.07. The van der Waals surface area contributed by atoms with E-state index >= 15 is 0 Å². The molecular weight excluding hydrogens is 472 g/mol. The number of hydrogen-bond acceptors (Lipinski definition) is 8. The number of nitrogens with one attached hydrogen (secondary N) is 1. The van der Waals surface area contributed by atoms with E-state index in [0.29, 0.717) is 48.1 Å². The zero-order valence-corrected chi connectivity index (χ0v) is 20.1. The number of esters is 1. The summed E-state index contributed by atoms with van der Waals surface area (Å²) in [5, 5.41) is 7.14. The van der Waals surface area contributed by atoms with Crippen molar-refractivity contribution < 1.29 is 22.7 Å². The van der Waals surface area contributed by atoms with Crippen molar-refractivity contribution in [2.75, 3.05) is 38.2 Å². The first-order valence-corrected chi connectivity index (χ1v) is 14.0. The van der Waals surface area contributed by atoms with Gasteiger partial charge in [-0.05, 0) is 30.9 Å². The number of hydrogen-bond donors (Lipinski definition) is 1. The Morgan fingerprint density at radius 2 is 1.97 bits per heavy atom. The van der Waals surface area contributed by atoms with Crippen LogP contribution in [0.2, 0.25) is 0 Å². The lowest BCUT2D eigenvalue weighted by atomic mass is 10.0. The van der Waals surface area contributed by atoms with Crippen molar-refractivity contribution >= 4 is 45.0 Å². The highest BCUT2D eigenvalue weighted by molar-refractivity contribution is 7.99. The van der Waals surface area contributed by atoms with Crippen LogP contribution in [0.3, 0.4) is 0 Å². The first kappa shape index (κ1) is 21.9. The van der Waals surface area contributed by atoms with Crippen LogP contribution < -0.4 is 0 Å². The molecule has 32 heavy (non-hydrogen) atoms. The topological polar surface area (TPSA) is 113 Å². The van der Waals surface area contributed by atoms with Crippen molar-refractivity contribution in [3.63, 3.8) is 0 Å². The molecule has 12 heteroatoms. The van der Waals surface area contributed by atoms with Gasteiger partial charge in [0, 0.05) is 47.6 Å². The lowest BCUT2D eigenvalue weighted by molar-refractivity contribution is 0.0595. The molecule has 0 radical (unpaired) electrons. The van der Waals surface area contributed by atoms with E-state index in [2.05, 4.69) is 10.2 Å². The number of aromatic amines is 1. The van der Waals surface area contributed by atoms with Gasteiger partial charge >= 0.3 is 5.97 Å². The van der Waals surface area contributed by atoms with Gasteiger partial charge in [0.1, 0.15) is 9.90 Å². The van der Waals surface area contributed by atoms with Crippen LogP contribution >= 0.6 is 23.1 Å². The highest BCUT2D eigenvalue weighted by Crippen LogP contribution is 2.40. The minimum Gasteiger partial charge on any atom is -0.465 e. The molecule has 0 bridgehead atoms. The van der Waals surface area contributed by atoms with E-state index in [4.69, 9.17) is 4.74 Å². The number of aromatic nitrogens is 2. The third-order valence-electron chi connectivity index (χ3n) is 6.08. The van der Waals surface area contributed by atoms with Crippen LogP contribution in [0.1, 0.15) is 55.7 Å². The van der Waals surface area contributed by atoms with Crippen LogP contribution in [-0.2, 0) is 27.7 Å². The molecule has 4 heterocycles. The van der Waals surface area contributed by atoms with Gasteiger partial charge in [-0.15, -0.1) is 11.3 Å². The molecule has 0 unspecified atom stereocenters. The van der Waals surface area contributed by atoms with Gasteiger partial charge < -0.3 is 9.64 Å². The van der Waals surface area contributed by atoms with Gasteiger partial charge in [0.15, 0.2) is 0 Å². The van der Waals surface area contributed by atoms with Gasteiger partial charge in [0.05, 0.1) is 19.2 Å². The molecule has 1 amide bonds. The molecule has 5 rings (SSSR count). The van der Waals surface area contributed by atoms with Gasteiger partial charge in [0.25, 0.3) is 15.9 Å². The average molecular weight is 497 g/mol. The molecule has 0 atom stereocenters. The maximum Gasteiger partial charge on any atom is 0.340 e. The molecule has 1 N–H and O–H groups in total. The summed E-state index contributed by atoms with van der Waals surface area (Å²) in [6.07, 6.45) is 2.62. The third-order valence-corrected chi connectivity index (χ3v) is 10.6. The van der Waals surface area contributed by atoms with Crippen molar-refractivity contribution in [2.24, 2.45) is 0 Å². The Hall–Kier alpha value is -1.89. The summed E-state index contributed by atoms with van der Waals surface area (Å²) in [7, 11) is -2.56. The summed E-state index contributed by atoms with van der Waals surface area (Å²) in [5.41, 5.74) is 2.17. The number of carbonyl (C=O) groups is 2. The fraction of sp³-hybridized carbons (Fsp3) is 0.550. The normalized spacial score (nSPS) is 19.6. The fourth-order valence-corrected chi connectivity index (χ4v) is 8.77. The minimum absolute atomic E-state index is 0.0336. The lowest BCUT2D eigenvalue weighted by Gasteiger charge is -2.26. The van der Waals surface area contributed by atoms with Gasteiger partial charge in [-0.3, -0.25) is 9.89 Å². The average Bonchev–Trinajstić information content (AvgIpc) is 3.41. The maximum absolute atomic E-state index is 13.4. The van der Waals surface area contributed by atoms with Crippen LogP contribution in [0.15, 0.2) is 10.3 Å². The Balaban J connectivity index is 1.45. The minimum atomic E-state index is -3.81. The second-order valence-corrected chi connectivity index (χ2v) is 12.6. The molecule has 2 aliphatic heterocycles. The third kappa shape index (κ3) is 3.87. The zero-order chi connectivity index (χ0) is 22.5. The summed E-state index contributed by atoms with van der Waals surface area (Å²) < 4.78 is 33.2. The molecule has 2 fully saturated rings. The molecule has 3 aliphatic rings. The van der Waals surface area contributed by atoms with E-state index in [1.807, 2.05) is 6.07 Å².